The zero-order valence-corrected chi connectivity index (χ0v) is 13.1. The maximum atomic E-state index is 12.4. The van der Waals surface area contributed by atoms with Gasteiger partial charge >= 0.3 is 5.97 Å². The number of H-pyrrole nitrogens is 1. The van der Waals surface area contributed by atoms with Gasteiger partial charge in [-0.15, -0.1) is 0 Å². The summed E-state index contributed by atoms with van der Waals surface area (Å²) in [5.41, 5.74) is 0. The number of hydrogen-bond acceptors (Lipinski definition) is 6. The summed E-state index contributed by atoms with van der Waals surface area (Å²) in [5.74, 6) is -0.921. The zero-order valence-electron chi connectivity index (χ0n) is 13.1. The zero-order chi connectivity index (χ0) is 16.9. The molecule has 1 aliphatic heterocycles. The van der Waals surface area contributed by atoms with Crippen LogP contribution < -0.4 is 0 Å². The Balaban J connectivity index is 1.66. The monoisotopic (exact) mass is 333 g/mol. The van der Waals surface area contributed by atoms with Crippen molar-refractivity contribution in [2.24, 2.45) is 5.92 Å². The van der Waals surface area contributed by atoms with E-state index in [1.54, 1.807) is 17.3 Å². The number of carboxylic acids is 1. The number of nitrogens with zero attached hydrogens (tertiary/aromatic N) is 6. The molecular weight excluding hydrogens is 314 g/mol. The number of aromatic nitrogens is 5. The number of nitrogens with one attached hydrogen (secondary N) is 1. The van der Waals surface area contributed by atoms with Crippen LogP contribution in [0.5, 0.6) is 0 Å². The summed E-state index contributed by atoms with van der Waals surface area (Å²) in [6.45, 7) is 2.22. The van der Waals surface area contributed by atoms with Gasteiger partial charge < -0.3 is 15.0 Å². The Labute approximate surface area is 138 Å². The Bertz CT molecular complexity index is 671. The molecule has 3 rings (SSSR count). The third-order valence-corrected chi connectivity index (χ3v) is 4.00. The number of aliphatic carboxylic acids is 1. The predicted molar refractivity (Wildman–Crippen MR) is 81.6 cm³/mol. The number of rotatable bonds is 5. The molecule has 0 bridgehead atoms. The summed E-state index contributed by atoms with van der Waals surface area (Å²) >= 11 is 0. The molecule has 1 saturated heterocycles. The topological polar surface area (TPSA) is 120 Å². The van der Waals surface area contributed by atoms with Gasteiger partial charge in [-0.2, -0.15) is 5.10 Å². The van der Waals surface area contributed by atoms with Gasteiger partial charge in [0.15, 0.2) is 0 Å². The van der Waals surface area contributed by atoms with E-state index in [1.807, 2.05) is 4.90 Å². The molecule has 0 radical (unpaired) electrons. The van der Waals surface area contributed by atoms with Crippen molar-refractivity contribution in [1.29, 1.82) is 0 Å². The highest BCUT2D eigenvalue weighted by molar-refractivity contribution is 5.77. The predicted octanol–water partition coefficient (Wildman–Crippen LogP) is -0.954. The van der Waals surface area contributed by atoms with E-state index in [2.05, 4.69) is 20.1 Å². The molecule has 128 valence electrons. The van der Waals surface area contributed by atoms with E-state index in [0.717, 1.165) is 5.82 Å². The number of carboxylic acid groups (broad SMARTS) is 1. The largest absolute Gasteiger partial charge is 0.481 e. The summed E-state index contributed by atoms with van der Waals surface area (Å²) in [7, 11) is 0. The molecular formula is C14H19N7O3. The highest BCUT2D eigenvalue weighted by Gasteiger charge is 2.30. The average Bonchev–Trinajstić information content (AvgIpc) is 3.19. The van der Waals surface area contributed by atoms with Crippen LogP contribution in [0.15, 0.2) is 25.0 Å². The molecule has 0 spiro atoms. The van der Waals surface area contributed by atoms with Crippen molar-refractivity contribution in [2.75, 3.05) is 26.2 Å². The van der Waals surface area contributed by atoms with Gasteiger partial charge in [-0.25, -0.2) is 14.6 Å². The minimum Gasteiger partial charge on any atom is -0.481 e. The molecule has 0 aliphatic carbocycles. The number of carbonyl (C=O) groups excluding carboxylic acids is 1. The molecule has 1 amide bonds. The SMILES string of the molecule is O=C(O)C1CN(Cc2ncc[nH]2)CCN(C(=O)Cn2cncn2)C1. The molecule has 3 heterocycles. The Hall–Kier alpha value is -2.75. The normalized spacial score (nSPS) is 19.2. The standard InChI is InChI=1S/C14H19N7O3/c22-13(8-21-10-15-9-18-21)20-4-3-19(5-11(6-20)14(23)24)7-12-16-1-2-17-12/h1-2,9-11H,3-8H2,(H,16,17)(H,23,24). The van der Waals surface area contributed by atoms with Crippen LogP contribution in [0.1, 0.15) is 5.82 Å². The molecule has 24 heavy (non-hydrogen) atoms. The van der Waals surface area contributed by atoms with Gasteiger partial charge in [-0.1, -0.05) is 0 Å². The van der Waals surface area contributed by atoms with E-state index < -0.39 is 11.9 Å². The second-order valence-electron chi connectivity index (χ2n) is 5.74. The van der Waals surface area contributed by atoms with Crippen molar-refractivity contribution >= 4 is 11.9 Å². The van der Waals surface area contributed by atoms with Gasteiger partial charge in [0.1, 0.15) is 25.0 Å². The highest BCUT2D eigenvalue weighted by Crippen LogP contribution is 2.13. The molecule has 0 saturated carbocycles. The van der Waals surface area contributed by atoms with Crippen molar-refractivity contribution < 1.29 is 14.7 Å². The smallest absolute Gasteiger partial charge is 0.309 e. The molecule has 10 heteroatoms. The fourth-order valence-electron chi connectivity index (χ4n) is 2.76. The number of imidazole rings is 1. The summed E-state index contributed by atoms with van der Waals surface area (Å²) in [4.78, 5) is 38.5. The van der Waals surface area contributed by atoms with E-state index in [0.29, 0.717) is 26.2 Å². The van der Waals surface area contributed by atoms with Gasteiger partial charge in [0.25, 0.3) is 0 Å². The van der Waals surface area contributed by atoms with Crippen molar-refractivity contribution in [2.45, 2.75) is 13.1 Å². The van der Waals surface area contributed by atoms with E-state index in [1.165, 1.54) is 17.3 Å². The second-order valence-corrected chi connectivity index (χ2v) is 5.74. The Kier molecular flexibility index (Phi) is 4.85. The van der Waals surface area contributed by atoms with Crippen molar-refractivity contribution in [3.8, 4) is 0 Å². The van der Waals surface area contributed by atoms with Crippen LogP contribution in [-0.4, -0.2) is 77.7 Å². The fourth-order valence-corrected chi connectivity index (χ4v) is 2.76. The lowest BCUT2D eigenvalue weighted by molar-refractivity contribution is -0.143. The van der Waals surface area contributed by atoms with Crippen molar-refractivity contribution in [3.63, 3.8) is 0 Å². The molecule has 1 aliphatic rings. The third kappa shape index (κ3) is 3.96. The number of aromatic amines is 1. The van der Waals surface area contributed by atoms with Crippen LogP contribution in [0.3, 0.4) is 0 Å². The van der Waals surface area contributed by atoms with Crippen molar-refractivity contribution in [1.82, 2.24) is 34.5 Å². The molecule has 10 nitrogen and oxygen atoms in total. The van der Waals surface area contributed by atoms with Crippen LogP contribution in [0.4, 0.5) is 0 Å². The lowest BCUT2D eigenvalue weighted by atomic mass is 10.1. The van der Waals surface area contributed by atoms with E-state index in [9.17, 15) is 14.7 Å². The molecule has 1 atom stereocenters. The Morgan fingerprint density at radius 3 is 2.88 bits per heavy atom. The Morgan fingerprint density at radius 2 is 2.21 bits per heavy atom. The summed E-state index contributed by atoms with van der Waals surface area (Å²) in [5, 5.41) is 13.4. The number of carbonyl (C=O) groups is 2. The first-order chi connectivity index (χ1) is 11.6. The first kappa shape index (κ1) is 16.1. The first-order valence-electron chi connectivity index (χ1n) is 7.65. The second kappa shape index (κ2) is 7.21. The van der Waals surface area contributed by atoms with Crippen LogP contribution in [0.2, 0.25) is 0 Å². The van der Waals surface area contributed by atoms with Crippen LogP contribution in [0.25, 0.3) is 0 Å². The molecule has 1 unspecified atom stereocenters. The molecule has 0 aromatic carbocycles. The minimum atomic E-state index is -0.903. The molecule has 2 N–H and O–H groups in total. The van der Waals surface area contributed by atoms with Crippen LogP contribution >= 0.6 is 0 Å². The van der Waals surface area contributed by atoms with Crippen molar-refractivity contribution in [3.05, 3.63) is 30.9 Å². The maximum absolute atomic E-state index is 12.4. The average molecular weight is 333 g/mol. The molecule has 2 aromatic rings. The van der Waals surface area contributed by atoms with Gasteiger partial charge in [-0.05, 0) is 0 Å². The fraction of sp³-hybridized carbons (Fsp3) is 0.500. The van der Waals surface area contributed by atoms with Gasteiger partial charge in [0.2, 0.25) is 5.91 Å². The lowest BCUT2D eigenvalue weighted by Crippen LogP contribution is -2.39. The summed E-state index contributed by atoms with van der Waals surface area (Å²) in [6.07, 6.45) is 6.22. The van der Waals surface area contributed by atoms with E-state index >= 15 is 0 Å². The molecule has 2 aromatic heterocycles. The van der Waals surface area contributed by atoms with Gasteiger partial charge in [-0.3, -0.25) is 14.5 Å². The number of hydrogen-bond donors (Lipinski definition) is 2. The summed E-state index contributed by atoms with van der Waals surface area (Å²) < 4.78 is 1.43. The van der Waals surface area contributed by atoms with Crippen LogP contribution in [-0.2, 0) is 22.7 Å². The lowest BCUT2D eigenvalue weighted by Gasteiger charge is -2.22. The Morgan fingerprint density at radius 1 is 1.33 bits per heavy atom. The molecule has 1 fully saturated rings. The van der Waals surface area contributed by atoms with E-state index in [4.69, 9.17) is 0 Å². The third-order valence-electron chi connectivity index (χ3n) is 4.00. The summed E-state index contributed by atoms with van der Waals surface area (Å²) in [6, 6.07) is 0. The number of amides is 1. The quantitative estimate of drug-likeness (QED) is 0.723. The van der Waals surface area contributed by atoms with Gasteiger partial charge in [0.05, 0.1) is 12.5 Å². The maximum Gasteiger partial charge on any atom is 0.309 e. The van der Waals surface area contributed by atoms with E-state index in [-0.39, 0.29) is 19.0 Å². The van der Waals surface area contributed by atoms with Crippen LogP contribution in [0, 0.1) is 5.92 Å². The van der Waals surface area contributed by atoms with Gasteiger partial charge in [0, 0.05) is 38.6 Å². The highest BCUT2D eigenvalue weighted by atomic mass is 16.4. The first-order valence-corrected chi connectivity index (χ1v) is 7.65. The minimum absolute atomic E-state index is 0.0600.